The molecule has 4 nitrogen and oxygen atoms in total. The van der Waals surface area contributed by atoms with Crippen LogP contribution in [0.3, 0.4) is 0 Å². The fourth-order valence-electron chi connectivity index (χ4n) is 1.60. The molecule has 0 saturated carbocycles. The van der Waals surface area contributed by atoms with Crippen LogP contribution < -0.4 is 5.43 Å². The Morgan fingerprint density at radius 3 is 2.89 bits per heavy atom. The van der Waals surface area contributed by atoms with Crippen LogP contribution in [0.5, 0.6) is 0 Å². The van der Waals surface area contributed by atoms with Crippen molar-refractivity contribution in [1.82, 2.24) is 10.4 Å². The summed E-state index contributed by atoms with van der Waals surface area (Å²) >= 11 is 1.54. The van der Waals surface area contributed by atoms with Crippen LogP contribution in [-0.2, 0) is 11.2 Å². The summed E-state index contributed by atoms with van der Waals surface area (Å²) in [7, 11) is 0. The maximum atomic E-state index is 11.6. The fraction of sp³-hybridized carbons (Fsp3) is 0.214. The van der Waals surface area contributed by atoms with Gasteiger partial charge in [-0.1, -0.05) is 24.3 Å². The van der Waals surface area contributed by atoms with Crippen molar-refractivity contribution < 1.29 is 4.79 Å². The summed E-state index contributed by atoms with van der Waals surface area (Å²) in [5.41, 5.74) is 5.41. The zero-order valence-electron chi connectivity index (χ0n) is 10.9. The summed E-state index contributed by atoms with van der Waals surface area (Å²) in [5.74, 6) is -0.157. The molecule has 98 valence electrons. The smallest absolute Gasteiger partial charge is 0.246 e. The first-order valence-corrected chi connectivity index (χ1v) is 6.81. The van der Waals surface area contributed by atoms with Crippen LogP contribution in [0, 0.1) is 13.8 Å². The molecule has 2 aromatic rings. The third kappa shape index (κ3) is 3.99. The quantitative estimate of drug-likeness (QED) is 0.687. The molecular formula is C14H15N3OS. The third-order valence-electron chi connectivity index (χ3n) is 2.59. The fourth-order valence-corrected chi connectivity index (χ4v) is 2.21. The molecule has 1 aromatic heterocycles. The first-order chi connectivity index (χ1) is 9.15. The maximum absolute atomic E-state index is 11.6. The average molecular weight is 273 g/mol. The molecule has 0 unspecified atom stereocenters. The Kier molecular flexibility index (Phi) is 4.41. The van der Waals surface area contributed by atoms with E-state index < -0.39 is 0 Å². The van der Waals surface area contributed by atoms with E-state index in [0.29, 0.717) is 0 Å². The molecule has 0 aliphatic carbocycles. The summed E-state index contributed by atoms with van der Waals surface area (Å²) in [6.07, 6.45) is 1.91. The monoisotopic (exact) mass is 273 g/mol. The molecule has 0 atom stereocenters. The van der Waals surface area contributed by atoms with Crippen molar-refractivity contribution in [2.75, 3.05) is 0 Å². The average Bonchev–Trinajstić information content (AvgIpc) is 2.77. The molecule has 0 aliphatic heterocycles. The van der Waals surface area contributed by atoms with Crippen LogP contribution in [0.4, 0.5) is 0 Å². The zero-order valence-corrected chi connectivity index (χ0v) is 11.7. The zero-order chi connectivity index (χ0) is 13.7. The molecule has 5 heteroatoms. The number of rotatable bonds is 4. The standard InChI is InChI=1S/C14H15N3OS/c1-10-5-3-4-6-12(10)8-15-17-14(18)7-13-9-19-11(2)16-13/h3-6,8-9H,7H2,1-2H3,(H,17,18)/b15-8-. The van der Waals surface area contributed by atoms with Crippen LogP contribution in [0.1, 0.15) is 21.8 Å². The second kappa shape index (κ2) is 6.24. The second-order valence-corrected chi connectivity index (χ2v) is 5.25. The Balaban J connectivity index is 1.88. The van der Waals surface area contributed by atoms with Crippen LogP contribution in [0.25, 0.3) is 0 Å². The molecule has 1 heterocycles. The number of hydrogen-bond donors (Lipinski definition) is 1. The molecule has 0 fully saturated rings. The largest absolute Gasteiger partial charge is 0.273 e. The highest BCUT2D eigenvalue weighted by molar-refractivity contribution is 7.09. The highest BCUT2D eigenvalue weighted by Crippen LogP contribution is 2.08. The molecule has 0 saturated heterocycles. The predicted octanol–water partition coefficient (Wildman–Crippen LogP) is 2.45. The number of thiazole rings is 1. The van der Waals surface area contributed by atoms with Crippen LogP contribution in [0.15, 0.2) is 34.7 Å². The molecule has 2 rings (SSSR count). The Morgan fingerprint density at radius 1 is 1.42 bits per heavy atom. The minimum absolute atomic E-state index is 0.157. The first kappa shape index (κ1) is 13.4. The topological polar surface area (TPSA) is 54.4 Å². The van der Waals surface area contributed by atoms with Crippen LogP contribution >= 0.6 is 11.3 Å². The van der Waals surface area contributed by atoms with E-state index in [9.17, 15) is 4.79 Å². The van der Waals surface area contributed by atoms with Gasteiger partial charge in [0.15, 0.2) is 0 Å². The highest BCUT2D eigenvalue weighted by atomic mass is 32.1. The van der Waals surface area contributed by atoms with Crippen molar-refractivity contribution in [2.45, 2.75) is 20.3 Å². The Bertz CT molecular complexity index is 604. The number of amides is 1. The number of nitrogens with zero attached hydrogens (tertiary/aromatic N) is 2. The van der Waals surface area contributed by atoms with E-state index in [-0.39, 0.29) is 12.3 Å². The summed E-state index contributed by atoms with van der Waals surface area (Å²) < 4.78 is 0. The van der Waals surface area contributed by atoms with E-state index >= 15 is 0 Å². The number of hydrazone groups is 1. The lowest BCUT2D eigenvalue weighted by Gasteiger charge is -1.99. The molecule has 0 bridgehead atoms. The van der Waals surface area contributed by atoms with Crippen molar-refractivity contribution in [2.24, 2.45) is 5.10 Å². The maximum Gasteiger partial charge on any atom is 0.246 e. The number of nitrogens with one attached hydrogen (secondary N) is 1. The molecule has 0 spiro atoms. The van der Waals surface area contributed by atoms with Crippen LogP contribution in [-0.4, -0.2) is 17.1 Å². The van der Waals surface area contributed by atoms with Gasteiger partial charge in [0, 0.05) is 5.38 Å². The SMILES string of the molecule is Cc1nc(CC(=O)N/N=C\c2ccccc2C)cs1. The van der Waals surface area contributed by atoms with Gasteiger partial charge in [0.2, 0.25) is 5.91 Å². The van der Waals surface area contributed by atoms with Crippen molar-refractivity contribution in [3.05, 3.63) is 51.5 Å². The van der Waals surface area contributed by atoms with Crippen LogP contribution in [0.2, 0.25) is 0 Å². The summed E-state index contributed by atoms with van der Waals surface area (Å²) in [6.45, 7) is 3.92. The van der Waals surface area contributed by atoms with Gasteiger partial charge in [-0.25, -0.2) is 10.4 Å². The lowest BCUT2D eigenvalue weighted by Crippen LogP contribution is -2.20. The van der Waals surface area contributed by atoms with Gasteiger partial charge in [0.25, 0.3) is 0 Å². The molecule has 0 aliphatic rings. The van der Waals surface area contributed by atoms with Gasteiger partial charge in [-0.3, -0.25) is 4.79 Å². The van der Waals surface area contributed by atoms with Crippen molar-refractivity contribution in [3.8, 4) is 0 Å². The van der Waals surface area contributed by atoms with Crippen molar-refractivity contribution in [3.63, 3.8) is 0 Å². The van der Waals surface area contributed by atoms with E-state index in [1.165, 1.54) is 11.3 Å². The first-order valence-electron chi connectivity index (χ1n) is 5.93. The molecule has 0 radical (unpaired) electrons. The van der Waals surface area contributed by atoms with Gasteiger partial charge in [-0.05, 0) is 25.0 Å². The number of benzene rings is 1. The number of hydrogen-bond acceptors (Lipinski definition) is 4. The lowest BCUT2D eigenvalue weighted by molar-refractivity contribution is -0.120. The summed E-state index contributed by atoms with van der Waals surface area (Å²) in [5, 5.41) is 6.81. The normalized spacial score (nSPS) is 10.8. The number of carbonyl (C=O) groups is 1. The minimum atomic E-state index is -0.157. The van der Waals surface area contributed by atoms with Crippen molar-refractivity contribution >= 4 is 23.5 Å². The van der Waals surface area contributed by atoms with E-state index in [1.54, 1.807) is 6.21 Å². The van der Waals surface area contributed by atoms with Gasteiger partial charge in [-0.2, -0.15) is 5.10 Å². The van der Waals surface area contributed by atoms with E-state index in [0.717, 1.165) is 21.8 Å². The Morgan fingerprint density at radius 2 is 2.21 bits per heavy atom. The highest BCUT2D eigenvalue weighted by Gasteiger charge is 2.04. The minimum Gasteiger partial charge on any atom is -0.273 e. The molecule has 1 amide bonds. The third-order valence-corrected chi connectivity index (χ3v) is 3.41. The van der Waals surface area contributed by atoms with E-state index in [1.807, 2.05) is 43.5 Å². The summed E-state index contributed by atoms with van der Waals surface area (Å²) in [4.78, 5) is 15.9. The Hall–Kier alpha value is -2.01. The van der Waals surface area contributed by atoms with Crippen molar-refractivity contribution in [1.29, 1.82) is 0 Å². The van der Waals surface area contributed by atoms with Gasteiger partial charge in [0.1, 0.15) is 0 Å². The van der Waals surface area contributed by atoms with Gasteiger partial charge in [0.05, 0.1) is 23.3 Å². The van der Waals surface area contributed by atoms with Gasteiger partial charge < -0.3 is 0 Å². The molecule has 1 N–H and O–H groups in total. The predicted molar refractivity (Wildman–Crippen MR) is 77.5 cm³/mol. The Labute approximate surface area is 116 Å². The molecular weight excluding hydrogens is 258 g/mol. The number of carbonyl (C=O) groups excluding carboxylic acids is 1. The molecule has 1 aromatic carbocycles. The van der Waals surface area contributed by atoms with Gasteiger partial charge >= 0.3 is 0 Å². The number of aromatic nitrogens is 1. The lowest BCUT2D eigenvalue weighted by atomic mass is 10.1. The van der Waals surface area contributed by atoms with Gasteiger partial charge in [-0.15, -0.1) is 11.3 Å². The van der Waals surface area contributed by atoms with E-state index in [2.05, 4.69) is 15.5 Å². The van der Waals surface area contributed by atoms with E-state index in [4.69, 9.17) is 0 Å². The number of aryl methyl sites for hydroxylation is 2. The summed E-state index contributed by atoms with van der Waals surface area (Å²) in [6, 6.07) is 7.86. The molecule has 19 heavy (non-hydrogen) atoms. The second-order valence-electron chi connectivity index (χ2n) is 4.18.